The molecule has 0 radical (unpaired) electrons. The summed E-state index contributed by atoms with van der Waals surface area (Å²) in [6.07, 6.45) is 2.52. The van der Waals surface area contributed by atoms with Crippen LogP contribution in [-0.2, 0) is 22.4 Å². The highest BCUT2D eigenvalue weighted by Gasteiger charge is 2.17. The number of hydrogen-bond donors (Lipinski definition) is 1. The van der Waals surface area contributed by atoms with Crippen LogP contribution in [0.15, 0.2) is 40.5 Å². The fourth-order valence-corrected chi connectivity index (χ4v) is 3.29. The van der Waals surface area contributed by atoms with E-state index in [2.05, 4.69) is 15.3 Å². The van der Waals surface area contributed by atoms with Crippen molar-refractivity contribution in [3.63, 3.8) is 0 Å². The number of ether oxygens (including phenoxy) is 1. The molecule has 3 rings (SSSR count). The molecule has 0 saturated heterocycles. The summed E-state index contributed by atoms with van der Waals surface area (Å²) in [5, 5.41) is 5.16. The Morgan fingerprint density at radius 1 is 1.22 bits per heavy atom. The van der Waals surface area contributed by atoms with Crippen LogP contribution < -0.4 is 5.32 Å². The second-order valence-electron chi connectivity index (χ2n) is 5.76. The zero-order valence-electron chi connectivity index (χ0n) is 15.0. The van der Waals surface area contributed by atoms with Gasteiger partial charge in [-0.15, -0.1) is 11.3 Å². The molecule has 0 unspecified atom stereocenters. The van der Waals surface area contributed by atoms with Crippen molar-refractivity contribution in [2.24, 2.45) is 0 Å². The molecule has 1 N–H and O–H groups in total. The second-order valence-corrected chi connectivity index (χ2v) is 6.62. The third-order valence-electron chi connectivity index (χ3n) is 3.79. The molecule has 0 saturated carbocycles. The Balaban J connectivity index is 1.63. The normalized spacial score (nSPS) is 10.6. The summed E-state index contributed by atoms with van der Waals surface area (Å²) in [5.74, 6) is -0.0760. The van der Waals surface area contributed by atoms with Gasteiger partial charge in [-0.2, -0.15) is 0 Å². The Kier molecular flexibility index (Phi) is 5.97. The number of nitrogens with zero attached hydrogens (tertiary/aromatic N) is 2. The Morgan fingerprint density at radius 3 is 2.70 bits per heavy atom. The molecular formula is C19H19N3O4S. The lowest BCUT2D eigenvalue weighted by molar-refractivity contribution is -0.114. The third kappa shape index (κ3) is 4.79. The van der Waals surface area contributed by atoms with Crippen LogP contribution in [0.2, 0.25) is 0 Å². The number of benzene rings is 1. The largest absolute Gasteiger partial charge is 0.461 e. The van der Waals surface area contributed by atoms with Crippen molar-refractivity contribution in [2.75, 3.05) is 11.9 Å². The summed E-state index contributed by atoms with van der Waals surface area (Å²) in [4.78, 5) is 31.3. The minimum Gasteiger partial charge on any atom is -0.461 e. The molecule has 0 aliphatic carbocycles. The minimum absolute atomic E-state index is 0.138. The van der Waals surface area contributed by atoms with Gasteiger partial charge in [-0.1, -0.05) is 24.3 Å². The number of amides is 1. The molecule has 0 spiro atoms. The molecule has 0 atom stereocenters. The Bertz CT molecular complexity index is 931. The van der Waals surface area contributed by atoms with Gasteiger partial charge in [-0.05, 0) is 18.9 Å². The van der Waals surface area contributed by atoms with E-state index in [1.54, 1.807) is 6.92 Å². The van der Waals surface area contributed by atoms with Gasteiger partial charge >= 0.3 is 5.97 Å². The Hall–Kier alpha value is -3.00. The number of rotatable bonds is 7. The lowest BCUT2D eigenvalue weighted by Gasteiger charge is -2.03. The summed E-state index contributed by atoms with van der Waals surface area (Å²) in [6.45, 7) is 3.51. The molecule has 0 bridgehead atoms. The van der Waals surface area contributed by atoms with Gasteiger partial charge in [0.15, 0.2) is 17.2 Å². The number of aromatic nitrogens is 2. The van der Waals surface area contributed by atoms with Crippen molar-refractivity contribution >= 4 is 28.3 Å². The first-order chi connectivity index (χ1) is 13.1. The molecule has 7 nitrogen and oxygen atoms in total. The van der Waals surface area contributed by atoms with E-state index in [-0.39, 0.29) is 11.6 Å². The zero-order valence-corrected chi connectivity index (χ0v) is 15.8. The maximum atomic E-state index is 11.8. The third-order valence-corrected chi connectivity index (χ3v) is 4.54. The topological polar surface area (TPSA) is 94.3 Å². The number of oxazole rings is 1. The van der Waals surface area contributed by atoms with Crippen LogP contribution in [0, 0.1) is 0 Å². The molecule has 2 heterocycles. The summed E-state index contributed by atoms with van der Waals surface area (Å²) in [7, 11) is 0. The zero-order chi connectivity index (χ0) is 19.2. The van der Waals surface area contributed by atoms with Crippen molar-refractivity contribution in [2.45, 2.75) is 26.7 Å². The smallest absolute Gasteiger partial charge is 0.360 e. The molecule has 1 amide bonds. The highest BCUT2D eigenvalue weighted by atomic mass is 32.1. The van der Waals surface area contributed by atoms with E-state index in [9.17, 15) is 9.59 Å². The van der Waals surface area contributed by atoms with Crippen LogP contribution in [0.4, 0.5) is 5.13 Å². The monoisotopic (exact) mass is 385 g/mol. The van der Waals surface area contributed by atoms with Crippen molar-refractivity contribution in [1.29, 1.82) is 0 Å². The first-order valence-electron chi connectivity index (χ1n) is 8.48. The first-order valence-corrected chi connectivity index (χ1v) is 9.36. The van der Waals surface area contributed by atoms with Crippen LogP contribution in [0.3, 0.4) is 0 Å². The molecule has 0 aliphatic rings. The second kappa shape index (κ2) is 8.59. The number of hydrogen-bond acceptors (Lipinski definition) is 7. The van der Waals surface area contributed by atoms with Gasteiger partial charge in [0.1, 0.15) is 5.76 Å². The average molecular weight is 385 g/mol. The maximum absolute atomic E-state index is 11.8. The predicted molar refractivity (Wildman–Crippen MR) is 102 cm³/mol. The summed E-state index contributed by atoms with van der Waals surface area (Å²) in [5.41, 5.74) is 3.12. The van der Waals surface area contributed by atoms with E-state index in [0.29, 0.717) is 30.3 Å². The van der Waals surface area contributed by atoms with E-state index in [1.165, 1.54) is 24.7 Å². The first kappa shape index (κ1) is 18.8. The highest BCUT2D eigenvalue weighted by molar-refractivity contribution is 7.14. The van der Waals surface area contributed by atoms with Gasteiger partial charge in [0.2, 0.25) is 5.91 Å². The van der Waals surface area contributed by atoms with E-state index < -0.39 is 5.97 Å². The lowest BCUT2D eigenvalue weighted by atomic mass is 10.0. The number of nitrogens with one attached hydrogen (secondary N) is 1. The summed E-state index contributed by atoms with van der Waals surface area (Å²) < 4.78 is 10.3. The lowest BCUT2D eigenvalue weighted by Crippen LogP contribution is -2.08. The van der Waals surface area contributed by atoms with Gasteiger partial charge in [0, 0.05) is 24.3 Å². The molecule has 0 aliphatic heterocycles. The van der Waals surface area contributed by atoms with Crippen molar-refractivity contribution in [3.05, 3.63) is 53.1 Å². The van der Waals surface area contributed by atoms with Crippen LogP contribution in [-0.4, -0.2) is 28.5 Å². The van der Waals surface area contributed by atoms with Gasteiger partial charge in [-0.3, -0.25) is 4.79 Å². The maximum Gasteiger partial charge on any atom is 0.360 e. The minimum atomic E-state index is -0.463. The number of carbonyl (C=O) groups excluding carboxylic acids is 2. The number of anilines is 1. The SMILES string of the molecule is CCOC(=O)c1ncoc1CCc1ccc(-c2csc(NC(C)=O)n2)cc1. The van der Waals surface area contributed by atoms with Gasteiger partial charge in [0.05, 0.1) is 12.3 Å². The molecule has 2 aromatic heterocycles. The number of carbonyl (C=O) groups is 2. The fourth-order valence-electron chi connectivity index (χ4n) is 2.53. The Labute approximate surface area is 160 Å². The van der Waals surface area contributed by atoms with Gasteiger partial charge < -0.3 is 14.5 Å². The van der Waals surface area contributed by atoms with Gasteiger partial charge in [0.25, 0.3) is 0 Å². The van der Waals surface area contributed by atoms with Crippen LogP contribution in [0.25, 0.3) is 11.3 Å². The Morgan fingerprint density at radius 2 is 2.00 bits per heavy atom. The number of thiazole rings is 1. The van der Waals surface area contributed by atoms with Crippen molar-refractivity contribution < 1.29 is 18.7 Å². The van der Waals surface area contributed by atoms with Gasteiger partial charge in [-0.25, -0.2) is 14.8 Å². The highest BCUT2D eigenvalue weighted by Crippen LogP contribution is 2.25. The molecule has 0 fully saturated rings. The molecule has 1 aromatic carbocycles. The predicted octanol–water partition coefficient (Wildman–Crippen LogP) is 3.72. The van der Waals surface area contributed by atoms with Crippen LogP contribution in [0.1, 0.15) is 35.7 Å². The molecular weight excluding hydrogens is 366 g/mol. The quantitative estimate of drug-likeness (QED) is 0.623. The molecule has 3 aromatic rings. The molecule has 8 heteroatoms. The van der Waals surface area contributed by atoms with E-state index >= 15 is 0 Å². The fraction of sp³-hybridized carbons (Fsp3) is 0.263. The van der Waals surface area contributed by atoms with Crippen molar-refractivity contribution in [1.82, 2.24) is 9.97 Å². The van der Waals surface area contributed by atoms with Crippen LogP contribution >= 0.6 is 11.3 Å². The molecule has 27 heavy (non-hydrogen) atoms. The molecule has 140 valence electrons. The van der Waals surface area contributed by atoms with Crippen LogP contribution in [0.5, 0.6) is 0 Å². The van der Waals surface area contributed by atoms with Crippen molar-refractivity contribution in [3.8, 4) is 11.3 Å². The van der Waals surface area contributed by atoms with E-state index in [0.717, 1.165) is 16.8 Å². The summed E-state index contributed by atoms with van der Waals surface area (Å²) in [6, 6.07) is 7.98. The van der Waals surface area contributed by atoms with E-state index in [4.69, 9.17) is 9.15 Å². The number of aryl methyl sites for hydroxylation is 2. The van der Waals surface area contributed by atoms with E-state index in [1.807, 2.05) is 29.6 Å². The average Bonchev–Trinajstić information content (AvgIpc) is 3.29. The summed E-state index contributed by atoms with van der Waals surface area (Å²) >= 11 is 1.39. The number of esters is 1. The standard InChI is InChI=1S/C19H19N3O4S/c1-3-25-18(24)17-16(26-11-20-17)9-6-13-4-7-14(8-5-13)15-10-27-19(22-15)21-12(2)23/h4-5,7-8,10-11H,3,6,9H2,1-2H3,(H,21,22,23).